The Morgan fingerprint density at radius 1 is 1.37 bits per heavy atom. The molecule has 3 nitrogen and oxygen atoms in total. The van der Waals surface area contributed by atoms with E-state index in [1.165, 1.54) is 12.8 Å². The van der Waals surface area contributed by atoms with Gasteiger partial charge in [-0.3, -0.25) is 4.90 Å². The normalized spacial score (nSPS) is 17.6. The standard InChI is InChI=1S/C15H23FN2O/c1-12(17-2)13-5-6-15(14(16)11-13)19-10-9-18-7-3-4-8-18/h5-6,11-12,17H,3-4,7-10H2,1-2H3. The molecule has 0 aromatic heterocycles. The molecule has 0 amide bonds. The molecule has 0 radical (unpaired) electrons. The summed E-state index contributed by atoms with van der Waals surface area (Å²) in [5, 5.41) is 3.09. The van der Waals surface area contributed by atoms with Crippen LogP contribution in [0.5, 0.6) is 5.75 Å². The Kier molecular flexibility index (Phi) is 5.16. The molecule has 1 aromatic carbocycles. The lowest BCUT2D eigenvalue weighted by molar-refractivity contribution is 0.231. The van der Waals surface area contributed by atoms with Crippen LogP contribution in [-0.2, 0) is 0 Å². The molecule has 1 aromatic rings. The van der Waals surface area contributed by atoms with Crippen molar-refractivity contribution in [1.82, 2.24) is 10.2 Å². The summed E-state index contributed by atoms with van der Waals surface area (Å²) in [4.78, 5) is 2.36. The minimum absolute atomic E-state index is 0.146. The Morgan fingerprint density at radius 3 is 2.74 bits per heavy atom. The molecule has 106 valence electrons. The number of hydrogen-bond acceptors (Lipinski definition) is 3. The van der Waals surface area contributed by atoms with Gasteiger partial charge in [-0.05, 0) is 57.6 Å². The molecule has 2 rings (SSSR count). The Bertz CT molecular complexity index is 405. The van der Waals surface area contributed by atoms with Crippen LogP contribution in [0, 0.1) is 5.82 Å². The van der Waals surface area contributed by atoms with Crippen LogP contribution >= 0.6 is 0 Å². The van der Waals surface area contributed by atoms with Gasteiger partial charge in [-0.15, -0.1) is 0 Å². The molecule has 1 unspecified atom stereocenters. The molecular formula is C15H23FN2O. The number of rotatable bonds is 6. The number of benzene rings is 1. The molecule has 1 saturated heterocycles. The van der Waals surface area contributed by atoms with Crippen molar-refractivity contribution >= 4 is 0 Å². The fourth-order valence-corrected chi connectivity index (χ4v) is 2.36. The molecule has 0 aliphatic carbocycles. The summed E-state index contributed by atoms with van der Waals surface area (Å²) in [6.07, 6.45) is 2.54. The van der Waals surface area contributed by atoms with E-state index in [9.17, 15) is 4.39 Å². The summed E-state index contributed by atoms with van der Waals surface area (Å²) in [6.45, 7) is 5.73. The lowest BCUT2D eigenvalue weighted by Gasteiger charge is -2.16. The zero-order valence-electron chi connectivity index (χ0n) is 11.8. The third-order valence-corrected chi connectivity index (χ3v) is 3.75. The Labute approximate surface area is 114 Å². The average Bonchev–Trinajstić information content (AvgIpc) is 2.93. The number of hydrogen-bond donors (Lipinski definition) is 1. The summed E-state index contributed by atoms with van der Waals surface area (Å²) in [5.74, 6) is 0.0762. The molecule has 0 bridgehead atoms. The second-order valence-corrected chi connectivity index (χ2v) is 5.10. The van der Waals surface area contributed by atoms with Crippen LogP contribution in [0.3, 0.4) is 0 Å². The van der Waals surface area contributed by atoms with Gasteiger partial charge in [0.25, 0.3) is 0 Å². The average molecular weight is 266 g/mol. The summed E-state index contributed by atoms with van der Waals surface area (Å²) in [6, 6.07) is 5.33. The lowest BCUT2D eigenvalue weighted by atomic mass is 10.1. The van der Waals surface area contributed by atoms with Crippen LogP contribution in [0.25, 0.3) is 0 Å². The van der Waals surface area contributed by atoms with Crippen LogP contribution in [0.2, 0.25) is 0 Å². The van der Waals surface area contributed by atoms with Crippen molar-refractivity contribution in [2.24, 2.45) is 0 Å². The zero-order chi connectivity index (χ0) is 13.7. The van der Waals surface area contributed by atoms with Gasteiger partial charge in [-0.25, -0.2) is 4.39 Å². The van der Waals surface area contributed by atoms with Gasteiger partial charge < -0.3 is 10.1 Å². The second kappa shape index (κ2) is 6.87. The van der Waals surface area contributed by atoms with Gasteiger partial charge in [0.1, 0.15) is 6.61 Å². The summed E-state index contributed by atoms with van der Waals surface area (Å²) >= 11 is 0. The highest BCUT2D eigenvalue weighted by molar-refractivity contribution is 5.30. The monoisotopic (exact) mass is 266 g/mol. The van der Waals surface area contributed by atoms with E-state index in [1.54, 1.807) is 12.1 Å². The maximum absolute atomic E-state index is 13.9. The van der Waals surface area contributed by atoms with Crippen molar-refractivity contribution in [1.29, 1.82) is 0 Å². The molecular weight excluding hydrogens is 243 g/mol. The van der Waals surface area contributed by atoms with E-state index < -0.39 is 0 Å². The fraction of sp³-hybridized carbons (Fsp3) is 0.600. The third-order valence-electron chi connectivity index (χ3n) is 3.75. The van der Waals surface area contributed by atoms with Gasteiger partial charge in [0.15, 0.2) is 11.6 Å². The summed E-state index contributed by atoms with van der Waals surface area (Å²) < 4.78 is 19.4. The zero-order valence-corrected chi connectivity index (χ0v) is 11.8. The Balaban J connectivity index is 1.86. The lowest BCUT2D eigenvalue weighted by Crippen LogP contribution is -2.25. The molecule has 1 N–H and O–H groups in total. The van der Waals surface area contributed by atoms with E-state index in [1.807, 2.05) is 20.0 Å². The maximum Gasteiger partial charge on any atom is 0.165 e. The topological polar surface area (TPSA) is 24.5 Å². The number of ether oxygens (including phenoxy) is 1. The number of nitrogens with zero attached hydrogens (tertiary/aromatic N) is 1. The van der Waals surface area contributed by atoms with Crippen LogP contribution < -0.4 is 10.1 Å². The van der Waals surface area contributed by atoms with E-state index in [4.69, 9.17) is 4.74 Å². The molecule has 0 saturated carbocycles. The van der Waals surface area contributed by atoms with Gasteiger partial charge >= 0.3 is 0 Å². The van der Waals surface area contributed by atoms with Crippen molar-refractivity contribution in [3.63, 3.8) is 0 Å². The molecule has 1 aliphatic heterocycles. The molecule has 1 atom stereocenters. The first-order chi connectivity index (χ1) is 9.20. The van der Waals surface area contributed by atoms with Crippen molar-refractivity contribution in [3.8, 4) is 5.75 Å². The van der Waals surface area contributed by atoms with Crippen molar-refractivity contribution in [3.05, 3.63) is 29.6 Å². The highest BCUT2D eigenvalue weighted by Gasteiger charge is 2.12. The largest absolute Gasteiger partial charge is 0.489 e. The Hall–Kier alpha value is -1.13. The van der Waals surface area contributed by atoms with Crippen LogP contribution in [-0.4, -0.2) is 38.2 Å². The van der Waals surface area contributed by atoms with Crippen LogP contribution in [0.15, 0.2) is 18.2 Å². The highest BCUT2D eigenvalue weighted by Crippen LogP contribution is 2.22. The van der Waals surface area contributed by atoms with Crippen molar-refractivity contribution in [2.45, 2.75) is 25.8 Å². The molecule has 1 fully saturated rings. The van der Waals surface area contributed by atoms with Gasteiger partial charge in [-0.2, -0.15) is 0 Å². The summed E-state index contributed by atoms with van der Waals surface area (Å²) in [7, 11) is 1.86. The maximum atomic E-state index is 13.9. The molecule has 1 aliphatic rings. The van der Waals surface area contributed by atoms with E-state index in [-0.39, 0.29) is 11.9 Å². The van der Waals surface area contributed by atoms with Crippen molar-refractivity contribution in [2.75, 3.05) is 33.3 Å². The summed E-state index contributed by atoms with van der Waals surface area (Å²) in [5.41, 5.74) is 0.937. The van der Waals surface area contributed by atoms with E-state index in [2.05, 4.69) is 10.2 Å². The van der Waals surface area contributed by atoms with Gasteiger partial charge in [-0.1, -0.05) is 6.07 Å². The predicted molar refractivity (Wildman–Crippen MR) is 75.0 cm³/mol. The first-order valence-electron chi connectivity index (χ1n) is 7.02. The minimum Gasteiger partial charge on any atom is -0.489 e. The molecule has 19 heavy (non-hydrogen) atoms. The van der Waals surface area contributed by atoms with Gasteiger partial charge in [0.2, 0.25) is 0 Å². The Morgan fingerprint density at radius 2 is 2.11 bits per heavy atom. The highest BCUT2D eigenvalue weighted by atomic mass is 19.1. The van der Waals surface area contributed by atoms with Gasteiger partial charge in [0.05, 0.1) is 0 Å². The number of halogens is 1. The molecule has 1 heterocycles. The third kappa shape index (κ3) is 3.91. The fourth-order valence-electron chi connectivity index (χ4n) is 2.36. The van der Waals surface area contributed by atoms with Gasteiger partial charge in [0, 0.05) is 12.6 Å². The number of likely N-dealkylation sites (tertiary alicyclic amines) is 1. The molecule has 0 spiro atoms. The van der Waals surface area contributed by atoms with E-state index in [0.29, 0.717) is 12.4 Å². The number of nitrogens with one attached hydrogen (secondary N) is 1. The smallest absolute Gasteiger partial charge is 0.165 e. The minimum atomic E-state index is -0.277. The van der Waals surface area contributed by atoms with E-state index in [0.717, 1.165) is 25.2 Å². The van der Waals surface area contributed by atoms with Crippen molar-refractivity contribution < 1.29 is 9.13 Å². The predicted octanol–water partition coefficient (Wildman–Crippen LogP) is 2.58. The second-order valence-electron chi connectivity index (χ2n) is 5.10. The quantitative estimate of drug-likeness (QED) is 0.856. The van der Waals surface area contributed by atoms with Crippen LogP contribution in [0.1, 0.15) is 31.4 Å². The first-order valence-corrected chi connectivity index (χ1v) is 7.02. The first kappa shape index (κ1) is 14.3. The van der Waals surface area contributed by atoms with E-state index >= 15 is 0 Å². The SMILES string of the molecule is CNC(C)c1ccc(OCCN2CCCC2)c(F)c1. The molecule has 4 heteroatoms. The van der Waals surface area contributed by atoms with Crippen LogP contribution in [0.4, 0.5) is 4.39 Å².